The quantitative estimate of drug-likeness (QED) is 0.543. The van der Waals surface area contributed by atoms with E-state index in [1.165, 1.54) is 32.1 Å². The third-order valence-electron chi connectivity index (χ3n) is 2.70. The summed E-state index contributed by atoms with van der Waals surface area (Å²) in [5.41, 5.74) is 0. The van der Waals surface area contributed by atoms with E-state index in [1.807, 2.05) is 12.1 Å². The number of hydrogen-bond acceptors (Lipinski definition) is 2. The molecule has 2 nitrogen and oxygen atoms in total. The lowest BCUT2D eigenvalue weighted by Crippen LogP contribution is -1.98. The number of rotatable bonds is 8. The van der Waals surface area contributed by atoms with E-state index in [4.69, 9.17) is 4.74 Å². The van der Waals surface area contributed by atoms with E-state index in [-0.39, 0.29) is 0 Å². The molecule has 0 fully saturated rings. The number of phenolic OH excluding ortho intramolecular Hbond substituents is 1. The van der Waals surface area contributed by atoms with Crippen molar-refractivity contribution < 1.29 is 9.84 Å². The van der Waals surface area contributed by atoms with Gasteiger partial charge in [-0.3, -0.25) is 0 Å². The molecule has 1 rings (SSSR count). The molecule has 0 unspecified atom stereocenters. The molecule has 0 saturated heterocycles. The standard InChI is InChI=1S/C14H21IO2/c1-2-3-4-5-6-7-11-17-13-10-8-9-12(16)14(13)15/h8-10,16H,2-7,11H2,1H3. The Labute approximate surface area is 118 Å². The first-order valence-corrected chi connectivity index (χ1v) is 7.44. The number of hydrogen-bond donors (Lipinski definition) is 1. The Balaban J connectivity index is 2.16. The zero-order chi connectivity index (χ0) is 12.5. The van der Waals surface area contributed by atoms with Gasteiger partial charge in [0.1, 0.15) is 11.5 Å². The molecule has 0 aliphatic rings. The van der Waals surface area contributed by atoms with Crippen LogP contribution in [0.15, 0.2) is 18.2 Å². The van der Waals surface area contributed by atoms with Gasteiger partial charge in [0.05, 0.1) is 10.2 Å². The first-order valence-electron chi connectivity index (χ1n) is 6.36. The molecule has 1 aromatic carbocycles. The number of aromatic hydroxyl groups is 1. The maximum atomic E-state index is 9.51. The normalized spacial score (nSPS) is 10.5. The van der Waals surface area contributed by atoms with E-state index >= 15 is 0 Å². The van der Waals surface area contributed by atoms with Gasteiger partial charge in [0.15, 0.2) is 0 Å². The van der Waals surface area contributed by atoms with Crippen molar-refractivity contribution in [3.63, 3.8) is 0 Å². The van der Waals surface area contributed by atoms with E-state index in [1.54, 1.807) is 6.07 Å². The average molecular weight is 348 g/mol. The van der Waals surface area contributed by atoms with Crippen LogP contribution in [0.2, 0.25) is 0 Å². The highest BCUT2D eigenvalue weighted by Gasteiger charge is 2.04. The fraction of sp³-hybridized carbons (Fsp3) is 0.571. The average Bonchev–Trinajstić information content (AvgIpc) is 2.33. The predicted molar refractivity (Wildman–Crippen MR) is 79.7 cm³/mol. The lowest BCUT2D eigenvalue weighted by atomic mass is 10.1. The maximum Gasteiger partial charge on any atom is 0.136 e. The van der Waals surface area contributed by atoms with Gasteiger partial charge in [-0.25, -0.2) is 0 Å². The van der Waals surface area contributed by atoms with E-state index in [9.17, 15) is 5.11 Å². The van der Waals surface area contributed by atoms with Gasteiger partial charge >= 0.3 is 0 Å². The van der Waals surface area contributed by atoms with Gasteiger partial charge in [0.25, 0.3) is 0 Å². The smallest absolute Gasteiger partial charge is 0.136 e. The van der Waals surface area contributed by atoms with Crippen LogP contribution in [0.5, 0.6) is 11.5 Å². The second-order valence-corrected chi connectivity index (χ2v) is 5.28. The molecular weight excluding hydrogens is 327 g/mol. The summed E-state index contributed by atoms with van der Waals surface area (Å²) >= 11 is 2.11. The Kier molecular flexibility index (Phi) is 7.40. The van der Waals surface area contributed by atoms with Crippen molar-refractivity contribution in [3.8, 4) is 11.5 Å². The minimum absolute atomic E-state index is 0.297. The van der Waals surface area contributed by atoms with Gasteiger partial charge in [0, 0.05) is 0 Å². The lowest BCUT2D eigenvalue weighted by Gasteiger charge is -2.08. The van der Waals surface area contributed by atoms with Crippen LogP contribution in [0.1, 0.15) is 45.4 Å². The van der Waals surface area contributed by atoms with Gasteiger partial charge < -0.3 is 9.84 Å². The van der Waals surface area contributed by atoms with Crippen molar-refractivity contribution in [2.45, 2.75) is 45.4 Å². The van der Waals surface area contributed by atoms with Crippen molar-refractivity contribution in [2.24, 2.45) is 0 Å². The van der Waals surface area contributed by atoms with Crippen LogP contribution < -0.4 is 4.74 Å². The Morgan fingerprint density at radius 3 is 2.59 bits per heavy atom. The summed E-state index contributed by atoms with van der Waals surface area (Å²) in [7, 11) is 0. The molecule has 0 saturated carbocycles. The summed E-state index contributed by atoms with van der Waals surface area (Å²) in [4.78, 5) is 0. The molecule has 0 spiro atoms. The summed E-state index contributed by atoms with van der Waals surface area (Å²) < 4.78 is 6.46. The third-order valence-corrected chi connectivity index (χ3v) is 3.78. The van der Waals surface area contributed by atoms with E-state index in [2.05, 4.69) is 29.5 Å². The summed E-state index contributed by atoms with van der Waals surface area (Å²) in [6, 6.07) is 5.39. The molecule has 0 aliphatic carbocycles. The highest BCUT2D eigenvalue weighted by molar-refractivity contribution is 14.1. The second-order valence-electron chi connectivity index (χ2n) is 4.21. The molecule has 0 radical (unpaired) electrons. The number of halogens is 1. The van der Waals surface area contributed by atoms with Crippen LogP contribution in [0.25, 0.3) is 0 Å². The number of ether oxygens (including phenoxy) is 1. The predicted octanol–water partition coefficient (Wildman–Crippen LogP) is 4.74. The summed E-state index contributed by atoms with van der Waals surface area (Å²) in [5.74, 6) is 1.09. The zero-order valence-electron chi connectivity index (χ0n) is 10.4. The van der Waals surface area contributed by atoms with Crippen molar-refractivity contribution in [3.05, 3.63) is 21.8 Å². The number of phenols is 1. The lowest BCUT2D eigenvalue weighted by molar-refractivity contribution is 0.300. The first-order chi connectivity index (χ1) is 8.25. The van der Waals surface area contributed by atoms with Crippen LogP contribution in [0, 0.1) is 3.57 Å². The summed E-state index contributed by atoms with van der Waals surface area (Å²) in [6.07, 6.45) is 7.59. The molecule has 0 amide bonds. The van der Waals surface area contributed by atoms with E-state index < -0.39 is 0 Å². The molecule has 96 valence electrons. The van der Waals surface area contributed by atoms with E-state index in [0.29, 0.717) is 5.75 Å². The molecule has 0 aliphatic heterocycles. The second kappa shape index (κ2) is 8.61. The Morgan fingerprint density at radius 1 is 1.12 bits per heavy atom. The fourth-order valence-corrected chi connectivity index (χ4v) is 2.19. The number of unbranched alkanes of at least 4 members (excludes halogenated alkanes) is 5. The zero-order valence-corrected chi connectivity index (χ0v) is 12.6. The van der Waals surface area contributed by atoms with Crippen molar-refractivity contribution in [1.29, 1.82) is 0 Å². The molecule has 3 heteroatoms. The van der Waals surface area contributed by atoms with Gasteiger partial charge in [-0.15, -0.1) is 0 Å². The third kappa shape index (κ3) is 5.61. The Bertz CT molecular complexity index is 326. The molecule has 1 aromatic rings. The largest absolute Gasteiger partial charge is 0.507 e. The molecular formula is C14H21IO2. The molecule has 0 heterocycles. The van der Waals surface area contributed by atoms with Crippen LogP contribution in [0.4, 0.5) is 0 Å². The van der Waals surface area contributed by atoms with Gasteiger partial charge in [-0.2, -0.15) is 0 Å². The molecule has 0 aromatic heterocycles. The summed E-state index contributed by atoms with van der Waals surface area (Å²) in [5, 5.41) is 9.51. The van der Waals surface area contributed by atoms with E-state index in [0.717, 1.165) is 22.3 Å². The SMILES string of the molecule is CCCCCCCCOc1cccc(O)c1I. The molecule has 0 atom stereocenters. The highest BCUT2D eigenvalue weighted by Crippen LogP contribution is 2.28. The minimum atomic E-state index is 0.297. The van der Waals surface area contributed by atoms with Crippen molar-refractivity contribution >= 4 is 22.6 Å². The minimum Gasteiger partial charge on any atom is -0.507 e. The van der Waals surface area contributed by atoms with Gasteiger partial charge in [-0.05, 0) is 41.1 Å². The first kappa shape index (κ1) is 14.6. The van der Waals surface area contributed by atoms with Crippen LogP contribution >= 0.6 is 22.6 Å². The molecule has 17 heavy (non-hydrogen) atoms. The van der Waals surface area contributed by atoms with Crippen LogP contribution in [-0.2, 0) is 0 Å². The topological polar surface area (TPSA) is 29.5 Å². The van der Waals surface area contributed by atoms with Gasteiger partial charge in [-0.1, -0.05) is 45.1 Å². The Hall–Kier alpha value is -0.450. The van der Waals surface area contributed by atoms with Crippen LogP contribution in [-0.4, -0.2) is 11.7 Å². The van der Waals surface area contributed by atoms with Crippen molar-refractivity contribution in [1.82, 2.24) is 0 Å². The maximum absolute atomic E-state index is 9.51. The Morgan fingerprint density at radius 2 is 1.82 bits per heavy atom. The fourth-order valence-electron chi connectivity index (χ4n) is 1.68. The van der Waals surface area contributed by atoms with Gasteiger partial charge in [0.2, 0.25) is 0 Å². The van der Waals surface area contributed by atoms with Crippen molar-refractivity contribution in [2.75, 3.05) is 6.61 Å². The molecule has 0 bridgehead atoms. The number of benzene rings is 1. The van der Waals surface area contributed by atoms with Crippen LogP contribution in [0.3, 0.4) is 0 Å². The molecule has 1 N–H and O–H groups in total. The monoisotopic (exact) mass is 348 g/mol. The highest BCUT2D eigenvalue weighted by atomic mass is 127. The summed E-state index contributed by atoms with van der Waals surface area (Å²) in [6.45, 7) is 2.97.